The zero-order chi connectivity index (χ0) is 13.4. The van der Waals surface area contributed by atoms with E-state index >= 15 is 0 Å². The number of nitrogens with zero attached hydrogens (tertiary/aromatic N) is 1. The molecule has 2 aromatic rings. The number of anilines is 1. The topological polar surface area (TPSA) is 53.2 Å². The second-order valence-electron chi connectivity index (χ2n) is 4.34. The Bertz CT molecular complexity index is 735. The zero-order valence-corrected chi connectivity index (χ0v) is 11.1. The van der Waals surface area contributed by atoms with Crippen LogP contribution >= 0.6 is 11.6 Å². The molecule has 0 bridgehead atoms. The smallest absolute Gasteiger partial charge is 0.272 e. The predicted molar refractivity (Wildman–Crippen MR) is 74.9 cm³/mol. The summed E-state index contributed by atoms with van der Waals surface area (Å²) in [5.41, 5.74) is 0.787. The van der Waals surface area contributed by atoms with Crippen LogP contribution in [0.15, 0.2) is 27.8 Å². The number of aromatic amines is 1. The van der Waals surface area contributed by atoms with Gasteiger partial charge in [0.15, 0.2) is 5.43 Å². The van der Waals surface area contributed by atoms with Gasteiger partial charge >= 0.3 is 0 Å². The van der Waals surface area contributed by atoms with Crippen LogP contribution in [0.1, 0.15) is 5.56 Å². The lowest BCUT2D eigenvalue weighted by Gasteiger charge is -2.10. The summed E-state index contributed by atoms with van der Waals surface area (Å²) >= 11 is 5.87. The minimum Gasteiger partial charge on any atom is -0.373 e. The van der Waals surface area contributed by atoms with Gasteiger partial charge in [-0.15, -0.1) is 0 Å². The van der Waals surface area contributed by atoms with Gasteiger partial charge in [-0.2, -0.15) is 0 Å². The average molecular weight is 265 g/mol. The molecule has 1 aromatic heterocycles. The first kappa shape index (κ1) is 12.6. The second-order valence-corrected chi connectivity index (χ2v) is 4.78. The molecule has 18 heavy (non-hydrogen) atoms. The molecule has 1 N–H and O–H groups in total. The SMILES string of the molecule is Cc1c(N(C)C)c(=O)[nH]c2cc(Cl)ccc2c1=O. The van der Waals surface area contributed by atoms with Gasteiger partial charge < -0.3 is 9.88 Å². The molecule has 0 aliphatic heterocycles. The molecular weight excluding hydrogens is 252 g/mol. The molecule has 1 heterocycles. The average Bonchev–Trinajstić information content (AvgIpc) is 2.35. The molecule has 0 aliphatic rings. The number of halogens is 1. The Morgan fingerprint density at radius 3 is 2.50 bits per heavy atom. The molecule has 0 amide bonds. The molecule has 4 nitrogen and oxygen atoms in total. The van der Waals surface area contributed by atoms with E-state index in [4.69, 9.17) is 11.6 Å². The van der Waals surface area contributed by atoms with E-state index in [1.165, 1.54) is 0 Å². The fourth-order valence-corrected chi connectivity index (χ4v) is 2.19. The quantitative estimate of drug-likeness (QED) is 0.856. The van der Waals surface area contributed by atoms with Gasteiger partial charge in [0.1, 0.15) is 5.69 Å². The molecule has 0 unspecified atom stereocenters. The summed E-state index contributed by atoms with van der Waals surface area (Å²) in [6.07, 6.45) is 0. The van der Waals surface area contributed by atoms with Crippen LogP contribution in [0.25, 0.3) is 10.9 Å². The van der Waals surface area contributed by atoms with Gasteiger partial charge in [-0.1, -0.05) is 11.6 Å². The van der Waals surface area contributed by atoms with Gasteiger partial charge in [0, 0.05) is 30.1 Å². The maximum absolute atomic E-state index is 12.3. The molecule has 0 fully saturated rings. The van der Waals surface area contributed by atoms with Crippen molar-refractivity contribution in [2.24, 2.45) is 0 Å². The third kappa shape index (κ3) is 1.99. The first-order valence-electron chi connectivity index (χ1n) is 5.45. The van der Waals surface area contributed by atoms with Crippen LogP contribution in [0.3, 0.4) is 0 Å². The van der Waals surface area contributed by atoms with Crippen molar-refractivity contribution in [3.63, 3.8) is 0 Å². The van der Waals surface area contributed by atoms with E-state index in [9.17, 15) is 9.59 Å². The second kappa shape index (κ2) is 4.46. The molecule has 5 heteroatoms. The van der Waals surface area contributed by atoms with Crippen molar-refractivity contribution in [2.45, 2.75) is 6.92 Å². The molecular formula is C13H13ClN2O2. The monoisotopic (exact) mass is 264 g/mol. The maximum atomic E-state index is 12.3. The Labute approximate surface area is 109 Å². The van der Waals surface area contributed by atoms with Gasteiger partial charge in [-0.05, 0) is 25.1 Å². The summed E-state index contributed by atoms with van der Waals surface area (Å²) in [6.45, 7) is 1.65. The molecule has 94 valence electrons. The summed E-state index contributed by atoms with van der Waals surface area (Å²) in [6, 6.07) is 4.85. The molecule has 0 saturated carbocycles. The fourth-order valence-electron chi connectivity index (χ4n) is 2.02. The number of H-pyrrole nitrogens is 1. The molecule has 0 atom stereocenters. The van der Waals surface area contributed by atoms with E-state index in [1.807, 2.05) is 0 Å². The highest BCUT2D eigenvalue weighted by molar-refractivity contribution is 6.31. The standard InChI is InChI=1S/C13H13ClN2O2/c1-7-11(16(2)3)13(18)15-10-6-8(14)4-5-9(10)12(7)17/h4-6H,1-3H3,(H,15,18). The van der Waals surface area contributed by atoms with Crippen molar-refractivity contribution >= 4 is 28.2 Å². The lowest BCUT2D eigenvalue weighted by atomic mass is 10.2. The molecule has 1 aromatic carbocycles. The van der Waals surface area contributed by atoms with E-state index in [2.05, 4.69) is 4.98 Å². The van der Waals surface area contributed by atoms with Crippen molar-refractivity contribution < 1.29 is 0 Å². The van der Waals surface area contributed by atoms with Crippen molar-refractivity contribution in [2.75, 3.05) is 19.0 Å². The number of benzene rings is 1. The number of fused-ring (bicyclic) bond motifs is 1. The van der Waals surface area contributed by atoms with Gasteiger partial charge in [0.2, 0.25) is 0 Å². The van der Waals surface area contributed by atoms with E-state index in [-0.39, 0.29) is 11.0 Å². The first-order chi connectivity index (χ1) is 8.41. The summed E-state index contributed by atoms with van der Waals surface area (Å²) in [7, 11) is 3.46. The van der Waals surface area contributed by atoms with Gasteiger partial charge in [-0.3, -0.25) is 9.59 Å². The minimum atomic E-state index is -0.299. The Hall–Kier alpha value is -1.81. The fraction of sp³-hybridized carbons (Fsp3) is 0.231. The number of aromatic nitrogens is 1. The third-order valence-electron chi connectivity index (χ3n) is 2.83. The van der Waals surface area contributed by atoms with Crippen LogP contribution in [0.4, 0.5) is 5.69 Å². The largest absolute Gasteiger partial charge is 0.373 e. The Kier molecular flexibility index (Phi) is 3.13. The summed E-state index contributed by atoms with van der Waals surface area (Å²) in [5.74, 6) is 0. The number of hydrogen-bond donors (Lipinski definition) is 1. The molecule has 0 spiro atoms. The van der Waals surface area contributed by atoms with E-state index in [0.717, 1.165) is 0 Å². The Morgan fingerprint density at radius 1 is 1.22 bits per heavy atom. The highest BCUT2D eigenvalue weighted by atomic mass is 35.5. The van der Waals surface area contributed by atoms with E-state index in [1.54, 1.807) is 44.1 Å². The lowest BCUT2D eigenvalue weighted by molar-refractivity contribution is 1.08. The minimum absolute atomic E-state index is 0.163. The summed E-state index contributed by atoms with van der Waals surface area (Å²) in [5, 5.41) is 0.940. The van der Waals surface area contributed by atoms with Crippen LogP contribution < -0.4 is 15.9 Å². The van der Waals surface area contributed by atoms with Crippen LogP contribution in [0.5, 0.6) is 0 Å². The first-order valence-corrected chi connectivity index (χ1v) is 5.83. The zero-order valence-electron chi connectivity index (χ0n) is 10.4. The third-order valence-corrected chi connectivity index (χ3v) is 3.07. The van der Waals surface area contributed by atoms with Gasteiger partial charge in [0.05, 0.1) is 5.52 Å². The Morgan fingerprint density at radius 2 is 1.89 bits per heavy atom. The van der Waals surface area contributed by atoms with E-state index < -0.39 is 0 Å². The van der Waals surface area contributed by atoms with Crippen LogP contribution in [0.2, 0.25) is 5.02 Å². The number of hydrogen-bond acceptors (Lipinski definition) is 3. The van der Waals surface area contributed by atoms with Gasteiger partial charge in [-0.25, -0.2) is 0 Å². The number of rotatable bonds is 1. The molecule has 2 rings (SSSR count). The Balaban J connectivity index is 3.09. The van der Waals surface area contributed by atoms with Crippen LogP contribution in [-0.4, -0.2) is 19.1 Å². The highest BCUT2D eigenvalue weighted by Crippen LogP contribution is 2.16. The summed E-state index contributed by atoms with van der Waals surface area (Å²) < 4.78 is 0. The lowest BCUT2D eigenvalue weighted by Crippen LogP contribution is -2.21. The maximum Gasteiger partial charge on any atom is 0.272 e. The molecule has 0 aliphatic carbocycles. The van der Waals surface area contributed by atoms with Crippen molar-refractivity contribution in [3.05, 3.63) is 49.4 Å². The predicted octanol–water partition coefficient (Wildman–Crippen LogP) is 1.92. The van der Waals surface area contributed by atoms with Crippen molar-refractivity contribution in [3.8, 4) is 0 Å². The normalized spacial score (nSPS) is 10.7. The molecule has 0 radical (unpaired) electrons. The highest BCUT2D eigenvalue weighted by Gasteiger charge is 2.11. The number of nitrogens with one attached hydrogen (secondary N) is 1. The van der Waals surface area contributed by atoms with Crippen LogP contribution in [-0.2, 0) is 0 Å². The van der Waals surface area contributed by atoms with E-state index in [0.29, 0.717) is 27.2 Å². The molecule has 0 saturated heterocycles. The van der Waals surface area contributed by atoms with Crippen LogP contribution in [0, 0.1) is 6.92 Å². The van der Waals surface area contributed by atoms with Crippen molar-refractivity contribution in [1.82, 2.24) is 4.98 Å². The van der Waals surface area contributed by atoms with Gasteiger partial charge in [0.25, 0.3) is 5.56 Å². The van der Waals surface area contributed by atoms with Crippen molar-refractivity contribution in [1.29, 1.82) is 0 Å². The summed E-state index contributed by atoms with van der Waals surface area (Å²) in [4.78, 5) is 28.7.